The second-order valence-electron chi connectivity index (χ2n) is 15.8. The number of aliphatic hydroxyl groups excluding tert-OH is 1. The number of hydrogen-bond acceptors (Lipinski definition) is 28. The Kier molecular flexibility index (Phi) is 11.8. The van der Waals surface area contributed by atoms with Gasteiger partial charge < -0.3 is 104 Å². The van der Waals surface area contributed by atoms with Crippen molar-refractivity contribution in [2.45, 2.75) is 54.7 Å². The maximum atomic E-state index is 14.7. The van der Waals surface area contributed by atoms with E-state index in [4.69, 9.17) is 42.6 Å². The first-order valence-electron chi connectivity index (χ1n) is 20.0. The average Bonchev–Trinajstić information content (AvgIpc) is 3.81. The zero-order chi connectivity index (χ0) is 51.9. The molecule has 374 valence electrons. The molecule has 71 heavy (non-hydrogen) atoms. The van der Waals surface area contributed by atoms with Crippen molar-refractivity contribution in [1.29, 1.82) is 0 Å². The molecular weight excluding hydrogens is 964 g/mol. The quantitative estimate of drug-likeness (QED) is 0.0651. The number of ether oxygens (including phenoxy) is 9. The molecule has 0 saturated carbocycles. The van der Waals surface area contributed by atoms with Gasteiger partial charge in [0, 0.05) is 16.7 Å². The van der Waals surface area contributed by atoms with Gasteiger partial charge in [0.2, 0.25) is 35.2 Å². The van der Waals surface area contributed by atoms with E-state index < -0.39 is 211 Å². The van der Waals surface area contributed by atoms with Gasteiger partial charge in [0.05, 0.1) is 48.8 Å². The van der Waals surface area contributed by atoms with Crippen LogP contribution in [0.1, 0.15) is 59.3 Å². The summed E-state index contributed by atoms with van der Waals surface area (Å²) in [5.74, 6) is -27.1. The van der Waals surface area contributed by atoms with Gasteiger partial charge in [-0.05, 0) is 30.3 Å². The molecule has 4 aliphatic rings. The van der Waals surface area contributed by atoms with Crippen LogP contribution in [0.4, 0.5) is 0 Å². The van der Waals surface area contributed by atoms with Gasteiger partial charge in [-0.1, -0.05) is 0 Å². The molecule has 28 nitrogen and oxygen atoms in total. The van der Waals surface area contributed by atoms with Crippen LogP contribution in [-0.4, -0.2) is 166 Å². The second-order valence-corrected chi connectivity index (χ2v) is 15.8. The third-order valence-electron chi connectivity index (χ3n) is 11.7. The molecule has 0 unspecified atom stereocenters. The lowest BCUT2D eigenvalue weighted by atomic mass is 9.78. The summed E-state index contributed by atoms with van der Waals surface area (Å²) in [6, 6.07) is 2.54. The number of phenols is 11. The highest BCUT2D eigenvalue weighted by atomic mass is 16.7. The first-order chi connectivity index (χ1) is 33.4. The number of aliphatic hydroxyl groups is 1. The monoisotopic (exact) mass is 998 g/mol. The Labute approximate surface area is 392 Å². The molecule has 0 amide bonds. The van der Waals surface area contributed by atoms with Crippen molar-refractivity contribution in [1.82, 2.24) is 0 Å². The molecule has 28 heteroatoms. The molecule has 4 aliphatic heterocycles. The number of fused-ring (bicyclic) bond motifs is 8. The van der Waals surface area contributed by atoms with E-state index in [-0.39, 0.29) is 0 Å². The van der Waals surface area contributed by atoms with Gasteiger partial charge in [-0.25, -0.2) is 28.8 Å². The van der Waals surface area contributed by atoms with E-state index in [1.165, 1.54) is 0 Å². The molecule has 0 aromatic heterocycles. The number of carbonyl (C=O) groups excluding carboxylic acids is 7. The van der Waals surface area contributed by atoms with Crippen LogP contribution in [-0.2, 0) is 52.3 Å². The van der Waals surface area contributed by atoms with E-state index in [0.29, 0.717) is 30.3 Å². The van der Waals surface area contributed by atoms with E-state index in [1.807, 2.05) is 0 Å². The van der Waals surface area contributed by atoms with Crippen LogP contribution < -0.4 is 4.74 Å². The maximum absolute atomic E-state index is 14.7. The van der Waals surface area contributed by atoms with Crippen LogP contribution in [0.5, 0.6) is 69.0 Å². The third-order valence-corrected chi connectivity index (χ3v) is 11.7. The Bertz CT molecular complexity index is 2990. The minimum Gasteiger partial charge on any atom is -0.504 e. The number of esters is 7. The smallest absolute Gasteiger partial charge is 0.352 e. The van der Waals surface area contributed by atoms with E-state index in [9.17, 15) is 94.8 Å². The van der Waals surface area contributed by atoms with E-state index in [1.54, 1.807) is 0 Å². The van der Waals surface area contributed by atoms with Crippen LogP contribution in [0.2, 0.25) is 0 Å². The summed E-state index contributed by atoms with van der Waals surface area (Å²) < 4.78 is 48.2. The number of methoxy groups -OCH3 is 2. The lowest BCUT2D eigenvalue weighted by Gasteiger charge is -2.42. The van der Waals surface area contributed by atoms with Crippen LogP contribution in [0.3, 0.4) is 0 Å². The fraction of sp³-hybridized carbons (Fsp3) is 0.279. The predicted octanol–water partition coefficient (Wildman–Crippen LogP) is -0.144. The van der Waals surface area contributed by atoms with Gasteiger partial charge in [-0.2, -0.15) is 0 Å². The van der Waals surface area contributed by atoms with Crippen LogP contribution in [0.25, 0.3) is 11.1 Å². The van der Waals surface area contributed by atoms with E-state index in [0.717, 1.165) is 14.2 Å². The molecule has 2 bridgehead atoms. The summed E-state index contributed by atoms with van der Waals surface area (Å²) in [5, 5.41) is 128. The Hall–Kier alpha value is -9.31. The van der Waals surface area contributed by atoms with Gasteiger partial charge in [-0.3, -0.25) is 4.79 Å². The molecule has 0 radical (unpaired) electrons. The SMILES string of the molecule is COC(=O)C[C@@]12Oc3c(O)c(O)cc(C(=O)O[C@H]4[C@@H]5OC(=O)c6cc(O)c(O)c(O)c6-c6c(cc(O)c(O)c6O)C(=O)OC[C@H]4O[C@H](OC(=O)c4cc(O)c(O)c(O)c4)[C@@H]5O)c3[C@@H]1[C@@H](C(=O)OC)OC2=O. The van der Waals surface area contributed by atoms with Crippen molar-refractivity contribution in [3.8, 4) is 80.1 Å². The summed E-state index contributed by atoms with van der Waals surface area (Å²) in [4.78, 5) is 95.9. The summed E-state index contributed by atoms with van der Waals surface area (Å²) >= 11 is 0. The molecule has 8 rings (SSSR count). The predicted molar refractivity (Wildman–Crippen MR) is 216 cm³/mol. The Morgan fingerprint density at radius 3 is 1.80 bits per heavy atom. The first-order valence-corrected chi connectivity index (χ1v) is 20.0. The summed E-state index contributed by atoms with van der Waals surface area (Å²) in [6.45, 7) is -1.28. The third kappa shape index (κ3) is 7.61. The Balaban J connectivity index is 1.29. The lowest BCUT2D eigenvalue weighted by Crippen LogP contribution is -2.62. The molecule has 4 aromatic rings. The minimum atomic E-state index is -2.61. The summed E-state index contributed by atoms with van der Waals surface area (Å²) in [6.07, 6.45) is -15.3. The number of phenolic OH excluding ortho intramolecular Hbond substituents is 11. The van der Waals surface area contributed by atoms with Crippen LogP contribution >= 0.6 is 0 Å². The Morgan fingerprint density at radius 2 is 1.23 bits per heavy atom. The Morgan fingerprint density at radius 1 is 0.662 bits per heavy atom. The normalized spacial score (nSPS) is 24.1. The van der Waals surface area contributed by atoms with Gasteiger partial charge >= 0.3 is 41.8 Å². The van der Waals surface area contributed by atoms with Gasteiger partial charge in [-0.15, -0.1) is 0 Å². The number of benzene rings is 4. The molecular formula is C43H34O28. The molecule has 0 spiro atoms. The largest absolute Gasteiger partial charge is 0.504 e. The molecule has 8 atom stereocenters. The fourth-order valence-electron chi connectivity index (χ4n) is 8.39. The summed E-state index contributed by atoms with van der Waals surface area (Å²) in [7, 11) is 1.79. The van der Waals surface area contributed by atoms with Crippen LogP contribution in [0, 0.1) is 0 Å². The number of carbonyl (C=O) groups is 7. The molecule has 4 aromatic carbocycles. The summed E-state index contributed by atoms with van der Waals surface area (Å²) in [5.41, 5.74) is -9.24. The van der Waals surface area contributed by atoms with Gasteiger partial charge in [0.15, 0.2) is 70.1 Å². The van der Waals surface area contributed by atoms with Crippen molar-refractivity contribution >= 4 is 41.8 Å². The lowest BCUT2D eigenvalue weighted by molar-refractivity contribution is -0.283. The van der Waals surface area contributed by atoms with E-state index >= 15 is 0 Å². The van der Waals surface area contributed by atoms with Crippen molar-refractivity contribution in [2.75, 3.05) is 20.8 Å². The topological polar surface area (TPSA) is 445 Å². The zero-order valence-electron chi connectivity index (χ0n) is 35.7. The number of rotatable bonds is 7. The fourth-order valence-corrected chi connectivity index (χ4v) is 8.39. The first kappa shape index (κ1) is 48.2. The number of cyclic esters (lactones) is 2. The average molecular weight is 999 g/mol. The van der Waals surface area contributed by atoms with Crippen molar-refractivity contribution < 1.29 is 137 Å². The van der Waals surface area contributed by atoms with E-state index in [2.05, 4.69) is 0 Å². The molecule has 2 fully saturated rings. The number of hydrogen-bond donors (Lipinski definition) is 12. The van der Waals surface area contributed by atoms with Crippen LogP contribution in [0.15, 0.2) is 30.3 Å². The maximum Gasteiger partial charge on any atom is 0.352 e. The molecule has 12 N–H and O–H groups in total. The van der Waals surface area contributed by atoms with Crippen molar-refractivity contribution in [2.24, 2.45) is 0 Å². The molecule has 4 heterocycles. The highest BCUT2D eigenvalue weighted by Gasteiger charge is 2.69. The molecule has 0 aliphatic carbocycles. The highest BCUT2D eigenvalue weighted by Crippen LogP contribution is 2.60. The second kappa shape index (κ2) is 17.3. The minimum absolute atomic E-state index is 0.383. The van der Waals surface area contributed by atoms with Gasteiger partial charge in [0.1, 0.15) is 12.7 Å². The van der Waals surface area contributed by atoms with Gasteiger partial charge in [0.25, 0.3) is 0 Å². The van der Waals surface area contributed by atoms with Crippen molar-refractivity contribution in [3.05, 3.63) is 58.1 Å². The van der Waals surface area contributed by atoms with Crippen molar-refractivity contribution in [3.63, 3.8) is 0 Å². The zero-order valence-corrected chi connectivity index (χ0v) is 35.7. The standard InChI is InChI=1S/C43H34O28/c1-63-20(49)8-43-24(34(40(61)64-2)69-42(43)62)23-13(7-18(48)28(53)33(23)71-43)39(60)67-32-19-9-65-37(58)11-5-16(46)26(51)29(54)21(11)22-12(6-17(47)27(52)30(22)55)38(59)68-35(32)31(56)41(66-19)70-36(57)10-3-14(44)25(50)15(45)4-10/h3-7,19,24,31-32,34-35,41,44-48,50-56H,8-9H2,1-2H3/t19-,24-,31-,32-,34+,35-,41-,43-/m1/s1. The highest BCUT2D eigenvalue weighted by molar-refractivity contribution is 6.08. The molecule has 2 saturated heterocycles. The number of aromatic hydroxyl groups is 11.